The fourth-order valence-corrected chi connectivity index (χ4v) is 4.69. The third kappa shape index (κ3) is 6.80. The Kier molecular flexibility index (Phi) is 8.18. The number of ketones is 1. The number of Topliss-reactive ketones (excluding diaryl/α,β-unsaturated/α-hetero) is 1. The first-order chi connectivity index (χ1) is 18.2. The molecule has 37 heavy (non-hydrogen) atoms. The van der Waals surface area contributed by atoms with Crippen molar-refractivity contribution >= 4 is 17.3 Å². The normalized spacial score (nSPS) is 13.4. The van der Waals surface area contributed by atoms with E-state index in [1.54, 1.807) is 6.20 Å². The molecule has 0 aliphatic carbocycles. The van der Waals surface area contributed by atoms with Crippen molar-refractivity contribution in [2.24, 2.45) is 0 Å². The van der Waals surface area contributed by atoms with Gasteiger partial charge in [0.05, 0.1) is 0 Å². The molecule has 0 saturated carbocycles. The van der Waals surface area contributed by atoms with Crippen molar-refractivity contribution in [3.8, 4) is 11.1 Å². The number of aryl methyl sites for hydroxylation is 1. The molecule has 0 radical (unpaired) electrons. The number of hydrogen-bond acceptors (Lipinski definition) is 6. The highest BCUT2D eigenvalue weighted by Gasteiger charge is 2.13. The number of nitrogens with zero attached hydrogens (tertiary/aromatic N) is 3. The monoisotopic (exact) mass is 491 g/mol. The van der Waals surface area contributed by atoms with Crippen LogP contribution < -0.4 is 15.5 Å². The lowest BCUT2D eigenvalue weighted by Gasteiger charge is -2.28. The average Bonchev–Trinajstić information content (AvgIpc) is 2.97. The van der Waals surface area contributed by atoms with Gasteiger partial charge in [0.2, 0.25) is 0 Å². The van der Waals surface area contributed by atoms with Gasteiger partial charge in [0.1, 0.15) is 11.6 Å². The lowest BCUT2D eigenvalue weighted by Crippen LogP contribution is -2.43. The van der Waals surface area contributed by atoms with Gasteiger partial charge < -0.3 is 15.5 Å². The van der Waals surface area contributed by atoms with Crippen molar-refractivity contribution in [1.29, 1.82) is 0 Å². The third-order valence-electron chi connectivity index (χ3n) is 6.77. The van der Waals surface area contributed by atoms with Gasteiger partial charge in [-0.25, -0.2) is 4.98 Å². The van der Waals surface area contributed by atoms with E-state index in [1.807, 2.05) is 36.7 Å². The first-order valence-electron chi connectivity index (χ1n) is 13.0. The zero-order valence-electron chi connectivity index (χ0n) is 21.1. The first-order valence-corrected chi connectivity index (χ1v) is 13.0. The van der Waals surface area contributed by atoms with Gasteiger partial charge in [-0.15, -0.1) is 0 Å². The summed E-state index contributed by atoms with van der Waals surface area (Å²) < 4.78 is 0. The Morgan fingerprint density at radius 1 is 0.919 bits per heavy atom. The molecule has 6 nitrogen and oxygen atoms in total. The van der Waals surface area contributed by atoms with Gasteiger partial charge in [0.25, 0.3) is 0 Å². The summed E-state index contributed by atoms with van der Waals surface area (Å²) in [6, 6.07) is 24.9. The fraction of sp³-hybridized carbons (Fsp3) is 0.258. The molecular weight excluding hydrogens is 458 g/mol. The van der Waals surface area contributed by atoms with Crippen LogP contribution in [-0.4, -0.2) is 41.9 Å². The summed E-state index contributed by atoms with van der Waals surface area (Å²) in [6.07, 6.45) is 7.22. The molecule has 4 aromatic rings. The van der Waals surface area contributed by atoms with Gasteiger partial charge in [-0.2, -0.15) is 0 Å². The molecule has 6 heteroatoms. The second-order valence-electron chi connectivity index (χ2n) is 9.42. The maximum absolute atomic E-state index is 12.4. The topological polar surface area (TPSA) is 70.2 Å². The Morgan fingerprint density at radius 3 is 2.57 bits per heavy atom. The Balaban J connectivity index is 1.19. The van der Waals surface area contributed by atoms with Gasteiger partial charge in [-0.3, -0.25) is 9.78 Å². The van der Waals surface area contributed by atoms with Gasteiger partial charge >= 0.3 is 0 Å². The molecule has 0 bridgehead atoms. The van der Waals surface area contributed by atoms with Gasteiger partial charge in [-0.1, -0.05) is 42.5 Å². The average molecular weight is 492 g/mol. The zero-order valence-corrected chi connectivity index (χ0v) is 21.1. The molecule has 0 spiro atoms. The standard InChI is InChI=1S/C31H33N5O/c37-29(12-9-25-4-3-14-33-22-25)20-24-7-10-28(11-8-24)35-23-27-5-1-2-6-30(27)26-13-15-34-31(21-26)36-18-16-32-17-19-36/h1-8,10-11,13-15,21-22,32,35H,9,12,16-20,23H2. The van der Waals surface area contributed by atoms with Crippen LogP contribution in [0.3, 0.4) is 0 Å². The first kappa shape index (κ1) is 24.7. The maximum atomic E-state index is 12.4. The molecule has 0 atom stereocenters. The van der Waals surface area contributed by atoms with Crippen LogP contribution in [0.1, 0.15) is 23.1 Å². The van der Waals surface area contributed by atoms with E-state index >= 15 is 0 Å². The molecule has 1 fully saturated rings. The molecule has 1 saturated heterocycles. The quantitative estimate of drug-likeness (QED) is 0.329. The molecule has 5 rings (SSSR count). The van der Waals surface area contributed by atoms with Gasteiger partial charge in [0.15, 0.2) is 0 Å². The van der Waals surface area contributed by atoms with Crippen molar-refractivity contribution in [3.05, 3.63) is 108 Å². The van der Waals surface area contributed by atoms with Crippen LogP contribution in [0.5, 0.6) is 0 Å². The molecule has 3 heterocycles. The largest absolute Gasteiger partial charge is 0.381 e. The summed E-state index contributed by atoms with van der Waals surface area (Å²) in [7, 11) is 0. The van der Waals surface area contributed by atoms with E-state index in [9.17, 15) is 4.79 Å². The number of anilines is 2. The smallest absolute Gasteiger partial charge is 0.137 e. The maximum Gasteiger partial charge on any atom is 0.137 e. The molecule has 2 N–H and O–H groups in total. The van der Waals surface area contributed by atoms with Crippen molar-refractivity contribution in [2.75, 3.05) is 36.4 Å². The summed E-state index contributed by atoms with van der Waals surface area (Å²) in [5.41, 5.74) is 6.81. The van der Waals surface area contributed by atoms with Crippen LogP contribution >= 0.6 is 0 Å². The number of carbonyl (C=O) groups excluding carboxylic acids is 1. The summed E-state index contributed by atoms with van der Waals surface area (Å²) in [5.74, 6) is 1.28. The molecule has 2 aromatic heterocycles. The minimum atomic E-state index is 0.246. The van der Waals surface area contributed by atoms with Crippen LogP contribution in [0.15, 0.2) is 91.4 Å². The number of carbonyl (C=O) groups is 1. The van der Waals surface area contributed by atoms with Crippen molar-refractivity contribution < 1.29 is 4.79 Å². The predicted octanol–water partition coefficient (Wildman–Crippen LogP) is 4.91. The number of nitrogens with one attached hydrogen (secondary N) is 2. The zero-order chi connectivity index (χ0) is 25.3. The number of rotatable bonds is 10. The number of benzene rings is 2. The summed E-state index contributed by atoms with van der Waals surface area (Å²) in [6.45, 7) is 4.65. The molecule has 1 aliphatic heterocycles. The van der Waals surface area contributed by atoms with E-state index in [0.29, 0.717) is 19.4 Å². The highest BCUT2D eigenvalue weighted by molar-refractivity contribution is 5.81. The minimum Gasteiger partial charge on any atom is -0.381 e. The highest BCUT2D eigenvalue weighted by Crippen LogP contribution is 2.27. The Labute approximate surface area is 218 Å². The highest BCUT2D eigenvalue weighted by atomic mass is 16.1. The summed E-state index contributed by atoms with van der Waals surface area (Å²) in [4.78, 5) is 23.5. The van der Waals surface area contributed by atoms with Crippen LogP contribution in [-0.2, 0) is 24.2 Å². The second kappa shape index (κ2) is 12.3. The molecule has 2 aromatic carbocycles. The SMILES string of the molecule is O=C(CCc1cccnc1)Cc1ccc(NCc2ccccc2-c2ccnc(N3CCNCC3)c2)cc1. The van der Waals surface area contributed by atoms with E-state index in [1.165, 1.54) is 16.7 Å². The second-order valence-corrected chi connectivity index (χ2v) is 9.42. The predicted molar refractivity (Wildman–Crippen MR) is 150 cm³/mol. The third-order valence-corrected chi connectivity index (χ3v) is 6.77. The van der Waals surface area contributed by atoms with E-state index in [-0.39, 0.29) is 5.78 Å². The van der Waals surface area contributed by atoms with Crippen LogP contribution in [0.4, 0.5) is 11.5 Å². The van der Waals surface area contributed by atoms with Gasteiger partial charge in [-0.05, 0) is 64.6 Å². The number of pyridine rings is 2. The van der Waals surface area contributed by atoms with Gasteiger partial charge in [0, 0.05) is 69.8 Å². The number of hydrogen-bond donors (Lipinski definition) is 2. The number of piperazine rings is 1. The lowest BCUT2D eigenvalue weighted by molar-refractivity contribution is -0.118. The lowest BCUT2D eigenvalue weighted by atomic mass is 10.00. The molecule has 0 amide bonds. The van der Waals surface area contributed by atoms with E-state index in [2.05, 4.69) is 74.0 Å². The minimum absolute atomic E-state index is 0.246. The molecule has 1 aliphatic rings. The van der Waals surface area contributed by atoms with Crippen molar-refractivity contribution in [3.63, 3.8) is 0 Å². The molecule has 0 unspecified atom stereocenters. The van der Waals surface area contributed by atoms with Crippen molar-refractivity contribution in [2.45, 2.75) is 25.8 Å². The fourth-order valence-electron chi connectivity index (χ4n) is 4.69. The van der Waals surface area contributed by atoms with E-state index in [4.69, 9.17) is 0 Å². The van der Waals surface area contributed by atoms with Crippen LogP contribution in [0, 0.1) is 0 Å². The molecular formula is C31H33N5O. The Bertz CT molecular complexity index is 1300. The van der Waals surface area contributed by atoms with E-state index in [0.717, 1.165) is 55.2 Å². The van der Waals surface area contributed by atoms with Crippen molar-refractivity contribution in [1.82, 2.24) is 15.3 Å². The number of aromatic nitrogens is 2. The Hall–Kier alpha value is -4.03. The summed E-state index contributed by atoms with van der Waals surface area (Å²) in [5, 5.41) is 6.95. The summed E-state index contributed by atoms with van der Waals surface area (Å²) >= 11 is 0. The van der Waals surface area contributed by atoms with Crippen LogP contribution in [0.2, 0.25) is 0 Å². The molecule has 188 valence electrons. The van der Waals surface area contributed by atoms with Crippen LogP contribution in [0.25, 0.3) is 11.1 Å². The van der Waals surface area contributed by atoms with E-state index < -0.39 is 0 Å². The Morgan fingerprint density at radius 2 is 1.76 bits per heavy atom.